The van der Waals surface area contributed by atoms with Crippen molar-refractivity contribution in [3.8, 4) is 5.75 Å². The predicted octanol–water partition coefficient (Wildman–Crippen LogP) is -0.170. The van der Waals surface area contributed by atoms with Crippen LogP contribution in [0, 0.1) is 0 Å². The topological polar surface area (TPSA) is 136 Å². The van der Waals surface area contributed by atoms with Gasteiger partial charge in [-0.15, -0.1) is 10.2 Å². The minimum absolute atomic E-state index is 0.0337. The van der Waals surface area contributed by atoms with E-state index in [0.29, 0.717) is 5.75 Å². The number of tetrazole rings is 1. The van der Waals surface area contributed by atoms with Crippen LogP contribution in [0.2, 0.25) is 0 Å². The fourth-order valence-electron chi connectivity index (χ4n) is 1.60. The number of hydrogen-bond donors (Lipinski definition) is 3. The van der Waals surface area contributed by atoms with Crippen LogP contribution in [-0.4, -0.2) is 36.2 Å². The number of ether oxygens (including phenoxy) is 1. The summed E-state index contributed by atoms with van der Waals surface area (Å²) in [5.41, 5.74) is 5.82. The third-order valence-electron chi connectivity index (χ3n) is 2.59. The molecule has 10 heteroatoms. The molecule has 0 fully saturated rings. The molecule has 4 N–H and O–H groups in total. The van der Waals surface area contributed by atoms with Crippen molar-refractivity contribution in [2.45, 2.75) is 17.9 Å². The second-order valence-electron chi connectivity index (χ2n) is 4.02. The Bertz CT molecular complexity index is 685. The monoisotopic (exact) mass is 298 g/mol. The maximum atomic E-state index is 12.2. The van der Waals surface area contributed by atoms with Crippen LogP contribution >= 0.6 is 0 Å². The molecule has 1 heterocycles. The van der Waals surface area contributed by atoms with Gasteiger partial charge in [0.2, 0.25) is 10.0 Å². The zero-order valence-electron chi connectivity index (χ0n) is 10.9. The number of H-pyrrole nitrogens is 1. The van der Waals surface area contributed by atoms with Gasteiger partial charge < -0.3 is 10.5 Å². The van der Waals surface area contributed by atoms with Crippen molar-refractivity contribution in [3.63, 3.8) is 0 Å². The predicted molar refractivity (Wildman–Crippen MR) is 70.3 cm³/mol. The molecule has 1 unspecified atom stereocenters. The lowest BCUT2D eigenvalue weighted by Gasteiger charge is -2.13. The Hall–Kier alpha value is -2.20. The number of nitrogen functional groups attached to an aromatic ring is 1. The lowest BCUT2D eigenvalue weighted by Crippen LogP contribution is -2.28. The molecule has 0 aliphatic heterocycles. The van der Waals surface area contributed by atoms with E-state index in [1.54, 1.807) is 6.92 Å². The molecule has 1 aromatic heterocycles. The van der Waals surface area contributed by atoms with Crippen LogP contribution in [0.3, 0.4) is 0 Å². The number of nitrogens with one attached hydrogen (secondary N) is 2. The number of nitrogens with zero attached hydrogens (tertiary/aromatic N) is 3. The quantitative estimate of drug-likeness (QED) is 0.652. The van der Waals surface area contributed by atoms with Gasteiger partial charge in [-0.05, 0) is 19.1 Å². The summed E-state index contributed by atoms with van der Waals surface area (Å²) in [4.78, 5) is -0.0337. The SMILES string of the molecule is COc1ccc(S(=O)(=O)NC(C)c2nn[nH]n2)c(N)c1. The van der Waals surface area contributed by atoms with Crippen molar-refractivity contribution < 1.29 is 13.2 Å². The third-order valence-corrected chi connectivity index (χ3v) is 4.20. The van der Waals surface area contributed by atoms with Gasteiger partial charge in [0.15, 0.2) is 5.82 Å². The van der Waals surface area contributed by atoms with E-state index in [0.717, 1.165) is 0 Å². The first kappa shape index (κ1) is 14.2. The first-order chi connectivity index (χ1) is 9.44. The number of methoxy groups -OCH3 is 1. The summed E-state index contributed by atoms with van der Waals surface area (Å²) in [6.07, 6.45) is 0. The second kappa shape index (κ2) is 5.43. The molecule has 20 heavy (non-hydrogen) atoms. The van der Waals surface area contributed by atoms with Crippen molar-refractivity contribution >= 4 is 15.7 Å². The van der Waals surface area contributed by atoms with Crippen LogP contribution < -0.4 is 15.2 Å². The molecule has 2 aromatic rings. The molecule has 0 spiro atoms. The number of aromatic nitrogens is 4. The number of sulfonamides is 1. The zero-order valence-corrected chi connectivity index (χ0v) is 11.7. The minimum atomic E-state index is -3.79. The standard InChI is InChI=1S/C10H14N6O3S/c1-6(10-12-15-16-13-10)14-20(17,18)9-4-3-7(19-2)5-8(9)11/h3-6,14H,11H2,1-2H3,(H,12,13,15,16). The van der Waals surface area contributed by atoms with Crippen LogP contribution in [-0.2, 0) is 10.0 Å². The first-order valence-corrected chi connectivity index (χ1v) is 7.11. The summed E-state index contributed by atoms with van der Waals surface area (Å²) < 4.78 is 31.9. The maximum Gasteiger partial charge on any atom is 0.243 e. The Labute approximate surface area is 115 Å². The minimum Gasteiger partial charge on any atom is -0.497 e. The highest BCUT2D eigenvalue weighted by molar-refractivity contribution is 7.89. The fraction of sp³-hybridized carbons (Fsp3) is 0.300. The largest absolute Gasteiger partial charge is 0.497 e. The molecule has 1 aromatic carbocycles. The molecule has 1 atom stereocenters. The fourth-order valence-corrected chi connectivity index (χ4v) is 2.91. The van der Waals surface area contributed by atoms with Crippen molar-refractivity contribution in [3.05, 3.63) is 24.0 Å². The maximum absolute atomic E-state index is 12.2. The van der Waals surface area contributed by atoms with Crippen molar-refractivity contribution in [2.75, 3.05) is 12.8 Å². The highest BCUT2D eigenvalue weighted by atomic mass is 32.2. The zero-order chi connectivity index (χ0) is 14.8. The molecule has 0 saturated heterocycles. The number of rotatable bonds is 5. The van der Waals surface area contributed by atoms with Gasteiger partial charge in [-0.2, -0.15) is 5.21 Å². The summed E-state index contributed by atoms with van der Waals surface area (Å²) in [7, 11) is -2.32. The Morgan fingerprint density at radius 2 is 2.20 bits per heavy atom. The molecule has 0 radical (unpaired) electrons. The van der Waals surface area contributed by atoms with Gasteiger partial charge in [0, 0.05) is 6.07 Å². The number of aromatic amines is 1. The normalized spacial score (nSPS) is 13.1. The van der Waals surface area contributed by atoms with Gasteiger partial charge >= 0.3 is 0 Å². The molecule has 0 aliphatic carbocycles. The Morgan fingerprint density at radius 1 is 1.45 bits per heavy atom. The third kappa shape index (κ3) is 2.86. The molecule has 108 valence electrons. The van der Waals surface area contributed by atoms with Gasteiger partial charge in [-0.25, -0.2) is 13.1 Å². The molecular weight excluding hydrogens is 284 g/mol. The summed E-state index contributed by atoms with van der Waals surface area (Å²) in [5.74, 6) is 0.716. The molecule has 0 amide bonds. The van der Waals surface area contributed by atoms with Gasteiger partial charge in [0.1, 0.15) is 10.6 Å². The lowest BCUT2D eigenvalue weighted by molar-refractivity contribution is 0.414. The van der Waals surface area contributed by atoms with Crippen molar-refractivity contribution in [1.29, 1.82) is 0 Å². The summed E-state index contributed by atoms with van der Waals surface area (Å²) in [5, 5.41) is 13.1. The smallest absolute Gasteiger partial charge is 0.243 e. The van der Waals surface area contributed by atoms with Crippen LogP contribution in [0.15, 0.2) is 23.1 Å². The lowest BCUT2D eigenvalue weighted by atomic mass is 10.3. The van der Waals surface area contributed by atoms with E-state index < -0.39 is 16.1 Å². The van der Waals surface area contributed by atoms with Gasteiger partial charge in [-0.1, -0.05) is 5.21 Å². The highest BCUT2D eigenvalue weighted by Gasteiger charge is 2.23. The molecule has 0 aliphatic rings. The van der Waals surface area contributed by atoms with E-state index in [1.165, 1.54) is 25.3 Å². The molecule has 0 bridgehead atoms. The number of benzene rings is 1. The van der Waals surface area contributed by atoms with Crippen LogP contribution in [0.4, 0.5) is 5.69 Å². The van der Waals surface area contributed by atoms with E-state index in [-0.39, 0.29) is 16.4 Å². The van der Waals surface area contributed by atoms with E-state index in [9.17, 15) is 8.42 Å². The van der Waals surface area contributed by atoms with Crippen molar-refractivity contribution in [2.24, 2.45) is 0 Å². The van der Waals surface area contributed by atoms with Gasteiger partial charge in [-0.3, -0.25) is 0 Å². The number of hydrogen-bond acceptors (Lipinski definition) is 7. The first-order valence-electron chi connectivity index (χ1n) is 5.63. The van der Waals surface area contributed by atoms with E-state index in [4.69, 9.17) is 10.5 Å². The summed E-state index contributed by atoms with van der Waals surface area (Å²) in [6.45, 7) is 1.60. The number of nitrogens with two attached hydrogens (primary N) is 1. The van der Waals surface area contributed by atoms with Crippen molar-refractivity contribution in [1.82, 2.24) is 25.3 Å². The molecular formula is C10H14N6O3S. The summed E-state index contributed by atoms with van der Waals surface area (Å²) >= 11 is 0. The Kier molecular flexibility index (Phi) is 3.86. The second-order valence-corrected chi connectivity index (χ2v) is 5.70. The van der Waals surface area contributed by atoms with Crippen LogP contribution in [0.25, 0.3) is 0 Å². The van der Waals surface area contributed by atoms with Crippen LogP contribution in [0.1, 0.15) is 18.8 Å². The van der Waals surface area contributed by atoms with E-state index in [2.05, 4.69) is 25.3 Å². The molecule has 2 rings (SSSR count). The number of anilines is 1. The highest BCUT2D eigenvalue weighted by Crippen LogP contribution is 2.24. The van der Waals surface area contributed by atoms with E-state index >= 15 is 0 Å². The Balaban J connectivity index is 2.27. The average Bonchev–Trinajstić information content (AvgIpc) is 2.91. The van der Waals surface area contributed by atoms with Gasteiger partial charge in [0.25, 0.3) is 0 Å². The molecule has 9 nitrogen and oxygen atoms in total. The summed E-state index contributed by atoms with van der Waals surface area (Å²) in [6, 6.07) is 3.69. The Morgan fingerprint density at radius 3 is 2.75 bits per heavy atom. The average molecular weight is 298 g/mol. The van der Waals surface area contributed by atoms with Crippen LogP contribution in [0.5, 0.6) is 5.75 Å². The van der Waals surface area contributed by atoms with E-state index in [1.807, 2.05) is 0 Å². The van der Waals surface area contributed by atoms with Gasteiger partial charge in [0.05, 0.1) is 18.8 Å². The molecule has 0 saturated carbocycles.